The lowest BCUT2D eigenvalue weighted by Gasteiger charge is -2.09. The topological polar surface area (TPSA) is 67.6 Å². The number of hydrogen-bond donors (Lipinski definition) is 2. The molecule has 1 aromatic heterocycles. The Kier molecular flexibility index (Phi) is 3.73. The molecule has 4 nitrogen and oxygen atoms in total. The predicted molar refractivity (Wildman–Crippen MR) is 53.4 cm³/mol. The summed E-state index contributed by atoms with van der Waals surface area (Å²) in [4.78, 5) is 4.15. The lowest BCUT2D eigenvalue weighted by molar-refractivity contribution is 0.545. The monoisotopic (exact) mass is 182 g/mol. The van der Waals surface area contributed by atoms with Crippen LogP contribution in [0.25, 0.3) is 0 Å². The third-order valence-corrected chi connectivity index (χ3v) is 2.31. The average Bonchev–Trinajstić information content (AvgIpc) is 2.54. The van der Waals surface area contributed by atoms with E-state index in [0.29, 0.717) is 11.9 Å². The number of anilines is 1. The van der Waals surface area contributed by atoms with Crippen LogP contribution in [-0.2, 0) is 0 Å². The SMILES string of the molecule is CCCCC(CC)c1nc(N)n[nH]1. The van der Waals surface area contributed by atoms with Crippen molar-refractivity contribution in [3.63, 3.8) is 0 Å². The number of hydrogen-bond acceptors (Lipinski definition) is 3. The van der Waals surface area contributed by atoms with Crippen LogP contribution in [0.4, 0.5) is 5.95 Å². The summed E-state index contributed by atoms with van der Waals surface area (Å²) >= 11 is 0. The van der Waals surface area contributed by atoms with E-state index in [1.165, 1.54) is 19.3 Å². The van der Waals surface area contributed by atoms with Gasteiger partial charge in [0.2, 0.25) is 5.95 Å². The van der Waals surface area contributed by atoms with Crippen molar-refractivity contribution in [2.24, 2.45) is 0 Å². The molecule has 1 heterocycles. The van der Waals surface area contributed by atoms with E-state index in [1.54, 1.807) is 0 Å². The van der Waals surface area contributed by atoms with Crippen LogP contribution in [0.2, 0.25) is 0 Å². The Morgan fingerprint density at radius 1 is 1.46 bits per heavy atom. The first-order chi connectivity index (χ1) is 6.27. The van der Waals surface area contributed by atoms with Crippen molar-refractivity contribution >= 4 is 5.95 Å². The molecule has 13 heavy (non-hydrogen) atoms. The van der Waals surface area contributed by atoms with E-state index in [4.69, 9.17) is 5.73 Å². The number of nitrogens with one attached hydrogen (secondary N) is 1. The number of nitrogen functional groups attached to an aromatic ring is 1. The summed E-state index contributed by atoms with van der Waals surface area (Å²) in [6, 6.07) is 0. The van der Waals surface area contributed by atoms with Gasteiger partial charge in [0.15, 0.2) is 0 Å². The van der Waals surface area contributed by atoms with Crippen molar-refractivity contribution < 1.29 is 0 Å². The molecule has 0 saturated carbocycles. The molecule has 0 spiro atoms. The van der Waals surface area contributed by atoms with Gasteiger partial charge < -0.3 is 5.73 Å². The van der Waals surface area contributed by atoms with Crippen molar-refractivity contribution in [3.8, 4) is 0 Å². The fourth-order valence-corrected chi connectivity index (χ4v) is 1.46. The van der Waals surface area contributed by atoms with Crippen molar-refractivity contribution in [2.45, 2.75) is 45.4 Å². The fraction of sp³-hybridized carbons (Fsp3) is 0.778. The first-order valence-corrected chi connectivity index (χ1v) is 4.95. The van der Waals surface area contributed by atoms with Gasteiger partial charge in [-0.3, -0.25) is 5.10 Å². The van der Waals surface area contributed by atoms with Gasteiger partial charge in [0.25, 0.3) is 0 Å². The number of unbranched alkanes of at least 4 members (excludes halogenated alkanes) is 1. The van der Waals surface area contributed by atoms with E-state index in [1.807, 2.05) is 0 Å². The van der Waals surface area contributed by atoms with Crippen molar-refractivity contribution in [2.75, 3.05) is 5.73 Å². The molecule has 0 bridgehead atoms. The zero-order chi connectivity index (χ0) is 9.68. The van der Waals surface area contributed by atoms with Gasteiger partial charge in [-0.2, -0.15) is 4.98 Å². The van der Waals surface area contributed by atoms with Crippen molar-refractivity contribution in [1.82, 2.24) is 15.2 Å². The quantitative estimate of drug-likeness (QED) is 0.732. The standard InChI is InChI=1S/C9H18N4/c1-3-5-6-7(4-2)8-11-9(10)13-12-8/h7H,3-6H2,1-2H3,(H3,10,11,12,13). The molecule has 0 aliphatic carbocycles. The minimum atomic E-state index is 0.352. The molecule has 4 heteroatoms. The van der Waals surface area contributed by atoms with Gasteiger partial charge in [-0.1, -0.05) is 26.7 Å². The van der Waals surface area contributed by atoms with E-state index in [0.717, 1.165) is 12.2 Å². The Bertz CT molecular complexity index is 244. The van der Waals surface area contributed by atoms with Gasteiger partial charge in [0.05, 0.1) is 0 Å². The Balaban J connectivity index is 2.56. The highest BCUT2D eigenvalue weighted by atomic mass is 15.3. The van der Waals surface area contributed by atoms with Crippen LogP contribution in [0.1, 0.15) is 51.3 Å². The number of rotatable bonds is 5. The highest BCUT2D eigenvalue weighted by Gasteiger charge is 2.12. The summed E-state index contributed by atoms with van der Waals surface area (Å²) < 4.78 is 0. The molecule has 1 unspecified atom stereocenters. The highest BCUT2D eigenvalue weighted by Crippen LogP contribution is 2.22. The molecule has 0 fully saturated rings. The summed E-state index contributed by atoms with van der Waals surface area (Å²) in [7, 11) is 0. The molecule has 1 atom stereocenters. The second kappa shape index (κ2) is 4.84. The van der Waals surface area contributed by atoms with E-state index in [-0.39, 0.29) is 0 Å². The summed E-state index contributed by atoms with van der Waals surface area (Å²) in [6.45, 7) is 4.36. The van der Waals surface area contributed by atoms with Crippen LogP contribution in [0.3, 0.4) is 0 Å². The van der Waals surface area contributed by atoms with Gasteiger partial charge in [-0.25, -0.2) is 0 Å². The van der Waals surface area contributed by atoms with Crippen molar-refractivity contribution in [3.05, 3.63) is 5.82 Å². The van der Waals surface area contributed by atoms with Crippen molar-refractivity contribution in [1.29, 1.82) is 0 Å². The van der Waals surface area contributed by atoms with Crippen LogP contribution >= 0.6 is 0 Å². The number of nitrogens with zero attached hydrogens (tertiary/aromatic N) is 2. The molecule has 1 aromatic rings. The lowest BCUT2D eigenvalue weighted by Crippen LogP contribution is -2.00. The number of nitrogens with two attached hydrogens (primary N) is 1. The first-order valence-electron chi connectivity index (χ1n) is 4.95. The maximum absolute atomic E-state index is 5.45. The molecule has 0 aliphatic heterocycles. The largest absolute Gasteiger partial charge is 0.367 e. The number of aromatic amines is 1. The third-order valence-electron chi connectivity index (χ3n) is 2.31. The Morgan fingerprint density at radius 2 is 2.23 bits per heavy atom. The van der Waals surface area contributed by atoms with Crippen LogP contribution < -0.4 is 5.73 Å². The molecule has 3 N–H and O–H groups in total. The van der Waals surface area contributed by atoms with E-state index >= 15 is 0 Å². The van der Waals surface area contributed by atoms with Crippen LogP contribution in [0, 0.1) is 0 Å². The van der Waals surface area contributed by atoms with E-state index < -0.39 is 0 Å². The fourth-order valence-electron chi connectivity index (χ4n) is 1.46. The smallest absolute Gasteiger partial charge is 0.239 e. The molecule has 0 radical (unpaired) electrons. The first kappa shape index (κ1) is 10.0. The predicted octanol–water partition coefficient (Wildman–Crippen LogP) is 2.07. The van der Waals surface area contributed by atoms with Gasteiger partial charge >= 0.3 is 0 Å². The molecular weight excluding hydrogens is 164 g/mol. The van der Waals surface area contributed by atoms with Crippen LogP contribution in [0.15, 0.2) is 0 Å². The highest BCUT2D eigenvalue weighted by molar-refractivity contribution is 5.14. The maximum atomic E-state index is 5.45. The molecule has 1 rings (SSSR count). The van der Waals surface area contributed by atoms with Gasteiger partial charge in [0, 0.05) is 5.92 Å². The summed E-state index contributed by atoms with van der Waals surface area (Å²) in [5.41, 5.74) is 5.45. The third kappa shape index (κ3) is 2.72. The summed E-state index contributed by atoms with van der Waals surface area (Å²) in [5.74, 6) is 1.78. The molecule has 0 amide bonds. The normalized spacial score (nSPS) is 13.1. The molecular formula is C9H18N4. The zero-order valence-corrected chi connectivity index (χ0v) is 8.38. The number of H-pyrrole nitrogens is 1. The van der Waals surface area contributed by atoms with Gasteiger partial charge in [-0.05, 0) is 12.8 Å². The second-order valence-corrected chi connectivity index (χ2v) is 3.33. The van der Waals surface area contributed by atoms with Gasteiger partial charge in [-0.15, -0.1) is 5.10 Å². The summed E-state index contributed by atoms with van der Waals surface area (Å²) in [5, 5.41) is 6.71. The zero-order valence-electron chi connectivity index (χ0n) is 8.38. The second-order valence-electron chi connectivity index (χ2n) is 3.33. The summed E-state index contributed by atoms with van der Waals surface area (Å²) in [6.07, 6.45) is 4.72. The Hall–Kier alpha value is -1.06. The lowest BCUT2D eigenvalue weighted by atomic mass is 9.99. The van der Waals surface area contributed by atoms with Crippen LogP contribution in [-0.4, -0.2) is 15.2 Å². The Labute approximate surface area is 78.9 Å². The number of aromatic nitrogens is 3. The van der Waals surface area contributed by atoms with Crippen LogP contribution in [0.5, 0.6) is 0 Å². The average molecular weight is 182 g/mol. The minimum Gasteiger partial charge on any atom is -0.367 e. The molecule has 0 aromatic carbocycles. The maximum Gasteiger partial charge on any atom is 0.239 e. The van der Waals surface area contributed by atoms with E-state index in [9.17, 15) is 0 Å². The van der Waals surface area contributed by atoms with Gasteiger partial charge in [0.1, 0.15) is 5.82 Å². The molecule has 0 saturated heterocycles. The Morgan fingerprint density at radius 3 is 2.69 bits per heavy atom. The molecule has 0 aliphatic rings. The minimum absolute atomic E-state index is 0.352. The van der Waals surface area contributed by atoms with E-state index in [2.05, 4.69) is 29.0 Å². The molecule has 74 valence electrons.